The van der Waals surface area contributed by atoms with Gasteiger partial charge in [0.25, 0.3) is 11.5 Å². The highest BCUT2D eigenvalue weighted by atomic mass is 35.5. The van der Waals surface area contributed by atoms with E-state index in [2.05, 4.69) is 29.4 Å². The van der Waals surface area contributed by atoms with Gasteiger partial charge >= 0.3 is 0 Å². The van der Waals surface area contributed by atoms with Crippen LogP contribution in [0.25, 0.3) is 16.6 Å². The lowest BCUT2D eigenvalue weighted by atomic mass is 10.0. The van der Waals surface area contributed by atoms with E-state index in [4.69, 9.17) is 11.6 Å². The number of amides is 1. The van der Waals surface area contributed by atoms with Gasteiger partial charge in [0.2, 0.25) is 0 Å². The van der Waals surface area contributed by atoms with E-state index in [1.807, 2.05) is 30.3 Å². The first kappa shape index (κ1) is 23.7. The monoisotopic (exact) mass is 490 g/mol. The average Bonchev–Trinajstić information content (AvgIpc) is 2.84. The summed E-state index contributed by atoms with van der Waals surface area (Å²) in [6, 6.07) is 22.1. The zero-order valence-corrected chi connectivity index (χ0v) is 20.3. The molecule has 1 heterocycles. The predicted molar refractivity (Wildman–Crippen MR) is 139 cm³/mol. The second-order valence-corrected chi connectivity index (χ2v) is 9.31. The van der Waals surface area contributed by atoms with E-state index >= 15 is 0 Å². The minimum atomic E-state index is -0.301. The quantitative estimate of drug-likeness (QED) is 0.163. The fraction of sp³-hybridized carbons (Fsp3) is 0.154. The van der Waals surface area contributed by atoms with Crippen molar-refractivity contribution >= 4 is 46.4 Å². The fourth-order valence-electron chi connectivity index (χ4n) is 3.34. The summed E-state index contributed by atoms with van der Waals surface area (Å²) in [5.74, 6) is 0.198. The standard InChI is InChI=1S/C26H23ClN4O2S/c1-17(2)19-9-7-18(8-10-19)15-28-30-24(32)16-34-26-29-23-6-4-3-5-22(23)25(33)31(26)21-13-11-20(27)12-14-21/h3-15,17H,16H2,1-2H3,(H,30,32). The van der Waals surface area contributed by atoms with Crippen molar-refractivity contribution in [1.82, 2.24) is 15.0 Å². The van der Waals surface area contributed by atoms with Crippen molar-refractivity contribution < 1.29 is 4.79 Å². The summed E-state index contributed by atoms with van der Waals surface area (Å²) in [6.45, 7) is 4.27. The van der Waals surface area contributed by atoms with Crippen molar-refractivity contribution in [3.05, 3.63) is 99.3 Å². The molecule has 8 heteroatoms. The van der Waals surface area contributed by atoms with Crippen LogP contribution in [-0.4, -0.2) is 27.4 Å². The van der Waals surface area contributed by atoms with Crippen molar-refractivity contribution in [3.63, 3.8) is 0 Å². The van der Waals surface area contributed by atoms with Gasteiger partial charge in [-0.05, 0) is 53.4 Å². The maximum Gasteiger partial charge on any atom is 0.266 e. The number of aromatic nitrogens is 2. The lowest BCUT2D eigenvalue weighted by Gasteiger charge is -2.13. The topological polar surface area (TPSA) is 76.3 Å². The van der Waals surface area contributed by atoms with Gasteiger partial charge in [-0.3, -0.25) is 14.2 Å². The molecule has 0 bridgehead atoms. The van der Waals surface area contributed by atoms with Crippen molar-refractivity contribution in [2.75, 3.05) is 5.75 Å². The van der Waals surface area contributed by atoms with Gasteiger partial charge in [0.05, 0.1) is 28.6 Å². The number of hydrazone groups is 1. The van der Waals surface area contributed by atoms with Gasteiger partial charge in [-0.15, -0.1) is 0 Å². The molecule has 0 aliphatic carbocycles. The van der Waals surface area contributed by atoms with Crippen LogP contribution in [0.2, 0.25) is 5.02 Å². The molecule has 6 nitrogen and oxygen atoms in total. The molecule has 1 N–H and O–H groups in total. The van der Waals surface area contributed by atoms with E-state index in [0.717, 1.165) is 5.56 Å². The normalized spacial score (nSPS) is 11.4. The largest absolute Gasteiger partial charge is 0.272 e. The van der Waals surface area contributed by atoms with Crippen LogP contribution >= 0.6 is 23.4 Å². The molecule has 0 atom stereocenters. The van der Waals surface area contributed by atoms with Crippen LogP contribution in [0.3, 0.4) is 0 Å². The summed E-state index contributed by atoms with van der Waals surface area (Å²) in [5, 5.41) is 5.52. The Balaban J connectivity index is 1.51. The lowest BCUT2D eigenvalue weighted by molar-refractivity contribution is -0.118. The summed E-state index contributed by atoms with van der Waals surface area (Å²) in [6.07, 6.45) is 1.60. The molecule has 0 unspecified atom stereocenters. The molecular formula is C26H23ClN4O2S. The number of fused-ring (bicyclic) bond motifs is 1. The van der Waals surface area contributed by atoms with E-state index in [0.29, 0.717) is 32.7 Å². The predicted octanol–water partition coefficient (Wildman–Crippen LogP) is 5.40. The van der Waals surface area contributed by atoms with Crippen LogP contribution in [0.1, 0.15) is 30.9 Å². The Morgan fingerprint density at radius 1 is 1.09 bits per heavy atom. The van der Waals surface area contributed by atoms with Gasteiger partial charge in [0.15, 0.2) is 5.16 Å². The van der Waals surface area contributed by atoms with Gasteiger partial charge < -0.3 is 0 Å². The third-order valence-corrected chi connectivity index (χ3v) is 6.36. The van der Waals surface area contributed by atoms with Crippen molar-refractivity contribution in [2.45, 2.75) is 24.9 Å². The highest BCUT2D eigenvalue weighted by Crippen LogP contribution is 2.22. The first-order valence-corrected chi connectivity index (χ1v) is 12.1. The Hall–Kier alpha value is -3.42. The molecule has 0 radical (unpaired) electrons. The van der Waals surface area contributed by atoms with Crippen LogP contribution < -0.4 is 11.0 Å². The minimum absolute atomic E-state index is 0.0436. The second-order valence-electron chi connectivity index (χ2n) is 7.93. The minimum Gasteiger partial charge on any atom is -0.272 e. The Bertz CT molecular complexity index is 1400. The molecule has 0 aliphatic heterocycles. The number of carbonyl (C=O) groups excluding carboxylic acids is 1. The number of benzene rings is 3. The van der Waals surface area contributed by atoms with Crippen molar-refractivity contribution in [3.8, 4) is 5.69 Å². The summed E-state index contributed by atoms with van der Waals surface area (Å²) in [5.41, 5.74) is 5.66. The van der Waals surface area contributed by atoms with E-state index in [9.17, 15) is 9.59 Å². The zero-order chi connectivity index (χ0) is 24.1. The molecular weight excluding hydrogens is 468 g/mol. The highest BCUT2D eigenvalue weighted by Gasteiger charge is 2.14. The van der Waals surface area contributed by atoms with Crippen LogP contribution in [0.15, 0.2) is 87.8 Å². The number of hydrogen-bond acceptors (Lipinski definition) is 5. The Kier molecular flexibility index (Phi) is 7.45. The lowest BCUT2D eigenvalue weighted by Crippen LogP contribution is -2.24. The van der Waals surface area contributed by atoms with Gasteiger partial charge in [0, 0.05) is 5.02 Å². The molecule has 1 aromatic heterocycles. The van der Waals surface area contributed by atoms with Gasteiger partial charge in [-0.25, -0.2) is 10.4 Å². The third-order valence-electron chi connectivity index (χ3n) is 5.17. The third kappa shape index (κ3) is 5.55. The number of nitrogens with one attached hydrogen (secondary N) is 1. The number of hydrogen-bond donors (Lipinski definition) is 1. The molecule has 34 heavy (non-hydrogen) atoms. The van der Waals surface area contributed by atoms with Crippen molar-refractivity contribution in [2.24, 2.45) is 5.10 Å². The molecule has 1 amide bonds. The Morgan fingerprint density at radius 3 is 2.50 bits per heavy atom. The molecule has 0 spiro atoms. The Labute approximate surface area is 206 Å². The number of nitrogens with zero attached hydrogens (tertiary/aromatic N) is 3. The van der Waals surface area contributed by atoms with Crippen LogP contribution in [0.5, 0.6) is 0 Å². The van der Waals surface area contributed by atoms with E-state index in [1.165, 1.54) is 21.9 Å². The van der Waals surface area contributed by atoms with E-state index < -0.39 is 0 Å². The summed E-state index contributed by atoms with van der Waals surface area (Å²) < 4.78 is 1.50. The molecule has 4 aromatic rings. The SMILES string of the molecule is CC(C)c1ccc(C=NNC(=O)CSc2nc3ccccc3c(=O)n2-c2ccc(Cl)cc2)cc1. The van der Waals surface area contributed by atoms with Gasteiger partial charge in [-0.2, -0.15) is 5.10 Å². The average molecular weight is 491 g/mol. The molecule has 3 aromatic carbocycles. The second kappa shape index (κ2) is 10.7. The number of halogens is 1. The molecule has 0 fully saturated rings. The first-order valence-electron chi connectivity index (χ1n) is 10.7. The highest BCUT2D eigenvalue weighted by molar-refractivity contribution is 7.99. The van der Waals surface area contributed by atoms with Crippen LogP contribution in [-0.2, 0) is 4.79 Å². The number of thioether (sulfide) groups is 1. The molecule has 4 rings (SSSR count). The summed E-state index contributed by atoms with van der Waals surface area (Å²) in [7, 11) is 0. The smallest absolute Gasteiger partial charge is 0.266 e. The van der Waals surface area contributed by atoms with Gasteiger partial charge in [-0.1, -0.05) is 73.6 Å². The molecule has 0 saturated carbocycles. The molecule has 0 saturated heterocycles. The van der Waals surface area contributed by atoms with E-state index in [1.54, 1.807) is 48.7 Å². The first-order chi connectivity index (χ1) is 16.4. The maximum absolute atomic E-state index is 13.2. The zero-order valence-electron chi connectivity index (χ0n) is 18.7. The van der Waals surface area contributed by atoms with Crippen LogP contribution in [0.4, 0.5) is 0 Å². The maximum atomic E-state index is 13.2. The molecule has 0 aliphatic rings. The summed E-state index contributed by atoms with van der Waals surface area (Å²) >= 11 is 7.18. The van der Waals surface area contributed by atoms with Crippen molar-refractivity contribution in [1.29, 1.82) is 0 Å². The summed E-state index contributed by atoms with van der Waals surface area (Å²) in [4.78, 5) is 30.3. The van der Waals surface area contributed by atoms with Crippen LogP contribution in [0, 0.1) is 0 Å². The number of para-hydroxylation sites is 1. The van der Waals surface area contributed by atoms with E-state index in [-0.39, 0.29) is 17.2 Å². The molecule has 172 valence electrons. The Morgan fingerprint density at radius 2 is 1.79 bits per heavy atom. The number of rotatable bonds is 7. The number of carbonyl (C=O) groups is 1. The van der Waals surface area contributed by atoms with Gasteiger partial charge in [0.1, 0.15) is 0 Å². The fourth-order valence-corrected chi connectivity index (χ4v) is 4.27.